The maximum Gasteiger partial charge on any atom is 0.306 e. The van der Waals surface area contributed by atoms with Gasteiger partial charge in [0.05, 0.1) is 12.1 Å². The summed E-state index contributed by atoms with van der Waals surface area (Å²) in [5.41, 5.74) is 0.952. The molecule has 0 bridgehead atoms. The van der Waals surface area contributed by atoms with Gasteiger partial charge >= 0.3 is 5.97 Å². The minimum Gasteiger partial charge on any atom is -0.481 e. The summed E-state index contributed by atoms with van der Waals surface area (Å²) in [4.78, 5) is 10.6. The third-order valence-electron chi connectivity index (χ3n) is 2.27. The van der Waals surface area contributed by atoms with Crippen LogP contribution >= 0.6 is 0 Å². The molecule has 1 unspecified atom stereocenters. The maximum atomic E-state index is 10.6. The highest BCUT2D eigenvalue weighted by atomic mass is 16.5. The molecule has 1 aliphatic rings. The number of hydrogen-bond acceptors (Lipinski definition) is 3. The maximum absolute atomic E-state index is 10.6. The third kappa shape index (κ3) is 1.09. The summed E-state index contributed by atoms with van der Waals surface area (Å²) in [6.45, 7) is 0. The van der Waals surface area contributed by atoms with E-state index >= 15 is 0 Å². The fourth-order valence-corrected chi connectivity index (χ4v) is 1.54. The second kappa shape index (κ2) is 2.62. The number of nitrogens with zero attached hydrogens (tertiary/aromatic N) is 1. The molecule has 1 aromatic rings. The van der Waals surface area contributed by atoms with Gasteiger partial charge in [-0.15, -0.1) is 0 Å². The number of aromatic nitrogens is 1. The summed E-state index contributed by atoms with van der Waals surface area (Å²) >= 11 is 0. The van der Waals surface area contributed by atoms with Gasteiger partial charge in [-0.25, -0.2) is 0 Å². The van der Waals surface area contributed by atoms with Crippen LogP contribution in [0.15, 0.2) is 10.7 Å². The monoisotopic (exact) mass is 167 g/mol. The van der Waals surface area contributed by atoms with Gasteiger partial charge in [0.25, 0.3) is 0 Å². The zero-order chi connectivity index (χ0) is 8.55. The lowest BCUT2D eigenvalue weighted by Crippen LogP contribution is -2.21. The number of aryl methyl sites for hydroxylation is 1. The van der Waals surface area contributed by atoms with Crippen molar-refractivity contribution >= 4 is 5.97 Å². The minimum atomic E-state index is -0.721. The smallest absolute Gasteiger partial charge is 0.306 e. The highest BCUT2D eigenvalue weighted by Gasteiger charge is 2.26. The molecule has 1 atom stereocenters. The molecule has 1 aliphatic carbocycles. The predicted molar refractivity (Wildman–Crippen MR) is 39.7 cm³/mol. The van der Waals surface area contributed by atoms with Crippen molar-refractivity contribution in [3.8, 4) is 0 Å². The Hall–Kier alpha value is -1.32. The summed E-state index contributed by atoms with van der Waals surface area (Å²) in [5.74, 6) is -0.119. The van der Waals surface area contributed by atoms with E-state index in [1.165, 1.54) is 0 Å². The minimum absolute atomic E-state index is 0.253. The molecule has 64 valence electrons. The number of aliphatic carboxylic acids is 1. The van der Waals surface area contributed by atoms with Gasteiger partial charge in [-0.3, -0.25) is 4.79 Å². The van der Waals surface area contributed by atoms with E-state index in [-0.39, 0.29) is 5.92 Å². The lowest BCUT2D eigenvalue weighted by Gasteiger charge is -2.15. The second-order valence-electron chi connectivity index (χ2n) is 3.05. The molecule has 0 fully saturated rings. The first-order chi connectivity index (χ1) is 5.77. The molecule has 0 spiro atoms. The molecule has 0 saturated carbocycles. The zero-order valence-corrected chi connectivity index (χ0v) is 6.49. The topological polar surface area (TPSA) is 63.3 Å². The molecule has 1 N–H and O–H groups in total. The number of rotatable bonds is 1. The van der Waals surface area contributed by atoms with Crippen LogP contribution in [0.25, 0.3) is 0 Å². The quantitative estimate of drug-likeness (QED) is 0.673. The molecule has 4 nitrogen and oxygen atoms in total. The highest BCUT2D eigenvalue weighted by molar-refractivity contribution is 5.70. The standard InChI is InChI=1S/C8H9NO3/c10-8(11)5-1-2-7-6(3-5)4-9-12-7/h4-5H,1-3H2,(H,10,11). The summed E-state index contributed by atoms with van der Waals surface area (Å²) in [6, 6.07) is 0. The number of carboxylic acid groups (broad SMARTS) is 1. The number of hydrogen-bond donors (Lipinski definition) is 1. The fraction of sp³-hybridized carbons (Fsp3) is 0.500. The third-order valence-corrected chi connectivity index (χ3v) is 2.27. The molecule has 0 saturated heterocycles. The summed E-state index contributed by atoms with van der Waals surface area (Å²) in [6.07, 6.45) is 3.54. The van der Waals surface area contributed by atoms with Crippen LogP contribution in [0.3, 0.4) is 0 Å². The summed E-state index contributed by atoms with van der Waals surface area (Å²) in [7, 11) is 0. The van der Waals surface area contributed by atoms with Gasteiger partial charge in [-0.05, 0) is 12.8 Å². The van der Waals surface area contributed by atoms with Crippen LogP contribution in [-0.2, 0) is 17.6 Å². The van der Waals surface area contributed by atoms with Gasteiger partial charge in [0, 0.05) is 12.0 Å². The lowest BCUT2D eigenvalue weighted by atomic mass is 9.88. The molecule has 4 heteroatoms. The van der Waals surface area contributed by atoms with Gasteiger partial charge in [0.2, 0.25) is 0 Å². The van der Waals surface area contributed by atoms with Crippen LogP contribution in [-0.4, -0.2) is 16.2 Å². The zero-order valence-electron chi connectivity index (χ0n) is 6.49. The fourth-order valence-electron chi connectivity index (χ4n) is 1.54. The van der Waals surface area contributed by atoms with Crippen LogP contribution in [0.5, 0.6) is 0 Å². The van der Waals surface area contributed by atoms with Crippen LogP contribution in [0.4, 0.5) is 0 Å². The molecule has 1 aromatic heterocycles. The molecule has 2 rings (SSSR count). The Morgan fingerprint density at radius 2 is 2.58 bits per heavy atom. The Labute approximate surface area is 69.2 Å². The van der Waals surface area contributed by atoms with Crippen LogP contribution in [0.1, 0.15) is 17.7 Å². The molecule has 0 aromatic carbocycles. The van der Waals surface area contributed by atoms with Crippen molar-refractivity contribution in [2.45, 2.75) is 19.3 Å². The molecule has 1 heterocycles. The normalized spacial score (nSPS) is 21.8. The van der Waals surface area contributed by atoms with Crippen molar-refractivity contribution in [2.24, 2.45) is 5.92 Å². The largest absolute Gasteiger partial charge is 0.481 e. The first-order valence-corrected chi connectivity index (χ1v) is 3.92. The van der Waals surface area contributed by atoms with Crippen molar-refractivity contribution < 1.29 is 14.4 Å². The van der Waals surface area contributed by atoms with Crippen molar-refractivity contribution in [3.63, 3.8) is 0 Å². The van der Waals surface area contributed by atoms with Gasteiger partial charge in [-0.2, -0.15) is 0 Å². The molecule has 0 aliphatic heterocycles. The Bertz CT molecular complexity index is 305. The van der Waals surface area contributed by atoms with Gasteiger partial charge in [0.1, 0.15) is 5.76 Å². The number of carbonyl (C=O) groups is 1. The Balaban J connectivity index is 2.20. The molecular weight excluding hydrogens is 158 g/mol. The number of carboxylic acids is 1. The van der Waals surface area contributed by atoms with Crippen LogP contribution < -0.4 is 0 Å². The van der Waals surface area contributed by atoms with E-state index in [1.807, 2.05) is 0 Å². The van der Waals surface area contributed by atoms with E-state index in [0.717, 1.165) is 11.3 Å². The molecule has 12 heavy (non-hydrogen) atoms. The van der Waals surface area contributed by atoms with E-state index in [9.17, 15) is 4.79 Å². The van der Waals surface area contributed by atoms with Crippen LogP contribution in [0.2, 0.25) is 0 Å². The average molecular weight is 167 g/mol. The summed E-state index contributed by atoms with van der Waals surface area (Å²) < 4.78 is 4.94. The molecule has 0 radical (unpaired) electrons. The van der Waals surface area contributed by atoms with E-state index in [1.54, 1.807) is 6.20 Å². The molecular formula is C8H9NO3. The van der Waals surface area contributed by atoms with Gasteiger partial charge in [0.15, 0.2) is 0 Å². The summed E-state index contributed by atoms with van der Waals surface area (Å²) in [5, 5.41) is 12.4. The van der Waals surface area contributed by atoms with E-state index < -0.39 is 5.97 Å². The van der Waals surface area contributed by atoms with E-state index in [4.69, 9.17) is 9.63 Å². The van der Waals surface area contributed by atoms with Crippen molar-refractivity contribution in [1.82, 2.24) is 5.16 Å². The number of fused-ring (bicyclic) bond motifs is 1. The Morgan fingerprint density at radius 1 is 1.75 bits per heavy atom. The average Bonchev–Trinajstić information content (AvgIpc) is 2.49. The van der Waals surface area contributed by atoms with Gasteiger partial charge in [-0.1, -0.05) is 5.16 Å². The first-order valence-electron chi connectivity index (χ1n) is 3.92. The second-order valence-corrected chi connectivity index (χ2v) is 3.05. The SMILES string of the molecule is O=C(O)C1CCc2oncc2C1. The first kappa shape index (κ1) is 7.34. The highest BCUT2D eigenvalue weighted by Crippen LogP contribution is 2.24. The van der Waals surface area contributed by atoms with Crippen LogP contribution in [0, 0.1) is 5.92 Å². The van der Waals surface area contributed by atoms with Gasteiger partial charge < -0.3 is 9.63 Å². The van der Waals surface area contributed by atoms with Crippen molar-refractivity contribution in [1.29, 1.82) is 0 Å². The van der Waals surface area contributed by atoms with E-state index in [2.05, 4.69) is 5.16 Å². The Kier molecular flexibility index (Phi) is 1.60. The molecule has 0 amide bonds. The van der Waals surface area contributed by atoms with E-state index in [0.29, 0.717) is 19.3 Å². The Morgan fingerprint density at radius 3 is 3.33 bits per heavy atom. The van der Waals surface area contributed by atoms with Crippen molar-refractivity contribution in [2.75, 3.05) is 0 Å². The van der Waals surface area contributed by atoms with Crippen molar-refractivity contribution in [3.05, 3.63) is 17.5 Å². The predicted octanol–water partition coefficient (Wildman–Crippen LogP) is 0.864. The lowest BCUT2D eigenvalue weighted by molar-refractivity contribution is -0.142.